The van der Waals surface area contributed by atoms with Crippen LogP contribution in [0.4, 0.5) is 5.69 Å². The predicted molar refractivity (Wildman–Crippen MR) is 112 cm³/mol. The van der Waals surface area contributed by atoms with Gasteiger partial charge in [-0.05, 0) is 79.5 Å². The molecule has 1 saturated heterocycles. The van der Waals surface area contributed by atoms with Crippen molar-refractivity contribution >= 4 is 11.6 Å². The van der Waals surface area contributed by atoms with Gasteiger partial charge in [-0.25, -0.2) is 0 Å². The Bertz CT molecular complexity index is 747. The smallest absolute Gasteiger partial charge is 0.228 e. The molecule has 1 amide bonds. The summed E-state index contributed by atoms with van der Waals surface area (Å²) in [4.78, 5) is 18.3. The number of hydrogen-bond donors (Lipinski definition) is 0. The molecule has 4 nitrogen and oxygen atoms in total. The summed E-state index contributed by atoms with van der Waals surface area (Å²) < 4.78 is 5.27. The van der Waals surface area contributed by atoms with Gasteiger partial charge in [-0.1, -0.05) is 13.8 Å². The SMILES string of the molecule is COc1ccc(N2CCN(C(=O)C34CC5C[C@@](C)(C3)C[C@@](C)(C5)C4)CC2)cc1. The predicted octanol–water partition coefficient (Wildman–Crippen LogP) is 4.34. The standard InChI is InChI=1S/C24H34N2O2/c1-22-12-18-13-23(2,15-22)17-24(14-18,16-22)21(27)26-10-8-25(9-11-26)19-4-6-20(28-3)7-5-19/h4-7,18H,8-17H2,1-3H3/t18?,22-,23-,24?/m1/s1. The molecule has 6 rings (SSSR count). The van der Waals surface area contributed by atoms with E-state index in [9.17, 15) is 4.79 Å². The number of carbonyl (C=O) groups excluding carboxylic acids is 1. The molecular weight excluding hydrogens is 348 g/mol. The van der Waals surface area contributed by atoms with Crippen LogP contribution in [0.1, 0.15) is 52.4 Å². The summed E-state index contributed by atoms with van der Waals surface area (Å²) in [5.74, 6) is 2.14. The molecule has 0 N–H and O–H groups in total. The minimum Gasteiger partial charge on any atom is -0.497 e. The third kappa shape index (κ3) is 2.91. The van der Waals surface area contributed by atoms with Crippen molar-refractivity contribution < 1.29 is 9.53 Å². The first kappa shape index (κ1) is 18.3. The van der Waals surface area contributed by atoms with Gasteiger partial charge >= 0.3 is 0 Å². The van der Waals surface area contributed by atoms with Crippen LogP contribution in [0.5, 0.6) is 5.75 Å². The number of carbonyl (C=O) groups is 1. The Morgan fingerprint density at radius 1 is 0.929 bits per heavy atom. The van der Waals surface area contributed by atoms with Crippen molar-refractivity contribution in [2.24, 2.45) is 22.2 Å². The fraction of sp³-hybridized carbons (Fsp3) is 0.708. The van der Waals surface area contributed by atoms with Crippen molar-refractivity contribution in [3.8, 4) is 5.75 Å². The Kier molecular flexibility index (Phi) is 4.02. The second-order valence-electron chi connectivity index (χ2n) is 10.9. The summed E-state index contributed by atoms with van der Waals surface area (Å²) in [6, 6.07) is 8.28. The van der Waals surface area contributed by atoms with Crippen molar-refractivity contribution in [2.75, 3.05) is 38.2 Å². The van der Waals surface area contributed by atoms with Crippen LogP contribution < -0.4 is 9.64 Å². The lowest BCUT2D eigenvalue weighted by Crippen LogP contribution is -2.62. The lowest BCUT2D eigenvalue weighted by atomic mass is 9.40. The van der Waals surface area contributed by atoms with Crippen LogP contribution in [0.2, 0.25) is 0 Å². The summed E-state index contributed by atoms with van der Waals surface area (Å²) in [6.07, 6.45) is 7.44. The number of methoxy groups -OCH3 is 1. The Hall–Kier alpha value is -1.71. The van der Waals surface area contributed by atoms with Crippen LogP contribution in [0.3, 0.4) is 0 Å². The fourth-order valence-corrected chi connectivity index (χ4v) is 7.98. The molecule has 4 heteroatoms. The van der Waals surface area contributed by atoms with Crippen LogP contribution >= 0.6 is 0 Å². The third-order valence-corrected chi connectivity index (χ3v) is 8.08. The molecule has 4 aliphatic carbocycles. The Labute approximate surface area is 169 Å². The van der Waals surface area contributed by atoms with E-state index in [1.54, 1.807) is 7.11 Å². The van der Waals surface area contributed by atoms with E-state index in [4.69, 9.17) is 4.74 Å². The molecule has 1 aromatic rings. The highest BCUT2D eigenvalue weighted by Crippen LogP contribution is 2.69. The van der Waals surface area contributed by atoms with Gasteiger partial charge in [0, 0.05) is 31.9 Å². The van der Waals surface area contributed by atoms with Gasteiger partial charge in [0.1, 0.15) is 5.75 Å². The van der Waals surface area contributed by atoms with Gasteiger partial charge in [0.2, 0.25) is 5.91 Å². The highest BCUT2D eigenvalue weighted by atomic mass is 16.5. The Morgan fingerprint density at radius 2 is 1.54 bits per heavy atom. The van der Waals surface area contributed by atoms with E-state index < -0.39 is 0 Å². The number of hydrogen-bond acceptors (Lipinski definition) is 3. The van der Waals surface area contributed by atoms with Gasteiger partial charge in [0.05, 0.1) is 12.5 Å². The first-order chi connectivity index (χ1) is 13.3. The maximum Gasteiger partial charge on any atom is 0.228 e. The maximum absolute atomic E-state index is 13.8. The van der Waals surface area contributed by atoms with E-state index in [1.165, 1.54) is 24.9 Å². The molecule has 0 unspecified atom stereocenters. The summed E-state index contributed by atoms with van der Waals surface area (Å²) in [5, 5.41) is 0. The summed E-state index contributed by atoms with van der Waals surface area (Å²) >= 11 is 0. The molecule has 28 heavy (non-hydrogen) atoms. The zero-order valence-electron chi connectivity index (χ0n) is 17.7. The third-order valence-electron chi connectivity index (χ3n) is 8.08. The Balaban J connectivity index is 1.28. The molecule has 5 fully saturated rings. The van der Waals surface area contributed by atoms with Crippen LogP contribution in [-0.4, -0.2) is 44.1 Å². The lowest BCUT2D eigenvalue weighted by Gasteiger charge is -2.65. The molecular formula is C24H34N2O2. The minimum atomic E-state index is -0.0643. The Morgan fingerprint density at radius 3 is 2.07 bits per heavy atom. The molecule has 0 radical (unpaired) electrons. The maximum atomic E-state index is 13.8. The lowest BCUT2D eigenvalue weighted by molar-refractivity contribution is -0.179. The molecule has 152 valence electrons. The topological polar surface area (TPSA) is 32.8 Å². The number of amides is 1. The van der Waals surface area contributed by atoms with E-state index in [0.717, 1.165) is 57.1 Å². The van der Waals surface area contributed by atoms with E-state index in [0.29, 0.717) is 16.7 Å². The first-order valence-electron chi connectivity index (χ1n) is 11.0. The van der Waals surface area contributed by atoms with E-state index in [2.05, 4.69) is 35.8 Å². The number of nitrogens with zero attached hydrogens (tertiary/aromatic N) is 2. The van der Waals surface area contributed by atoms with Crippen molar-refractivity contribution in [3.05, 3.63) is 24.3 Å². The average Bonchev–Trinajstić information content (AvgIpc) is 2.65. The molecule has 1 heterocycles. The second kappa shape index (κ2) is 6.14. The zero-order chi connectivity index (χ0) is 19.6. The van der Waals surface area contributed by atoms with Gasteiger partial charge < -0.3 is 14.5 Å². The largest absolute Gasteiger partial charge is 0.497 e. The monoisotopic (exact) mass is 382 g/mol. The molecule has 1 aromatic carbocycles. The van der Waals surface area contributed by atoms with Gasteiger partial charge in [-0.15, -0.1) is 0 Å². The van der Waals surface area contributed by atoms with E-state index in [-0.39, 0.29) is 5.41 Å². The van der Waals surface area contributed by atoms with Crippen molar-refractivity contribution in [3.63, 3.8) is 0 Å². The normalized spacial score (nSPS) is 39.3. The van der Waals surface area contributed by atoms with Crippen LogP contribution in [0, 0.1) is 22.2 Å². The minimum absolute atomic E-state index is 0.0643. The number of anilines is 1. The van der Waals surface area contributed by atoms with Gasteiger partial charge in [-0.2, -0.15) is 0 Å². The molecule has 4 bridgehead atoms. The zero-order valence-corrected chi connectivity index (χ0v) is 17.7. The second-order valence-corrected chi connectivity index (χ2v) is 10.9. The first-order valence-corrected chi connectivity index (χ1v) is 11.0. The van der Waals surface area contributed by atoms with Gasteiger partial charge in [0.15, 0.2) is 0 Å². The number of benzene rings is 1. The molecule has 5 aliphatic rings. The summed E-state index contributed by atoms with van der Waals surface area (Å²) in [6.45, 7) is 8.46. The van der Waals surface area contributed by atoms with Crippen LogP contribution in [-0.2, 0) is 4.79 Å². The van der Waals surface area contributed by atoms with Gasteiger partial charge in [-0.3, -0.25) is 4.79 Å². The highest BCUT2D eigenvalue weighted by molar-refractivity contribution is 5.84. The fourth-order valence-electron chi connectivity index (χ4n) is 7.98. The summed E-state index contributed by atoms with van der Waals surface area (Å²) in [7, 11) is 1.70. The van der Waals surface area contributed by atoms with Crippen molar-refractivity contribution in [1.29, 1.82) is 0 Å². The summed E-state index contributed by atoms with van der Waals surface area (Å²) in [5.41, 5.74) is 1.96. The van der Waals surface area contributed by atoms with E-state index >= 15 is 0 Å². The quantitative estimate of drug-likeness (QED) is 0.780. The van der Waals surface area contributed by atoms with E-state index in [1.807, 2.05) is 12.1 Å². The molecule has 0 spiro atoms. The van der Waals surface area contributed by atoms with Crippen molar-refractivity contribution in [2.45, 2.75) is 52.4 Å². The number of piperazine rings is 1. The molecule has 4 saturated carbocycles. The molecule has 1 aliphatic heterocycles. The number of rotatable bonds is 3. The molecule has 2 atom stereocenters. The average molecular weight is 383 g/mol. The van der Waals surface area contributed by atoms with Gasteiger partial charge in [0.25, 0.3) is 0 Å². The number of ether oxygens (including phenoxy) is 1. The molecule has 0 aromatic heterocycles. The van der Waals surface area contributed by atoms with Crippen LogP contribution in [0.15, 0.2) is 24.3 Å². The van der Waals surface area contributed by atoms with Crippen molar-refractivity contribution in [1.82, 2.24) is 4.90 Å². The van der Waals surface area contributed by atoms with Crippen LogP contribution in [0.25, 0.3) is 0 Å². The highest BCUT2D eigenvalue weighted by Gasteiger charge is 2.63.